The number of hydrogen-bond donors (Lipinski definition) is 0. The molecule has 20 heavy (non-hydrogen) atoms. The number of halogens is 1. The Morgan fingerprint density at radius 2 is 1.70 bits per heavy atom. The molecule has 2 rings (SSSR count). The van der Waals surface area contributed by atoms with Crippen LogP contribution < -0.4 is 4.31 Å². The molecule has 108 valence electrons. The van der Waals surface area contributed by atoms with E-state index in [4.69, 9.17) is 11.6 Å². The lowest BCUT2D eigenvalue weighted by atomic mass is 10.1. The highest BCUT2D eigenvalue weighted by Crippen LogP contribution is 2.31. The van der Waals surface area contributed by atoms with Crippen molar-refractivity contribution in [2.75, 3.05) is 11.4 Å². The van der Waals surface area contributed by atoms with Gasteiger partial charge < -0.3 is 0 Å². The zero-order valence-corrected chi connectivity index (χ0v) is 14.0. The first-order valence-electron chi connectivity index (χ1n) is 5.92. The summed E-state index contributed by atoms with van der Waals surface area (Å²) >= 11 is 6.77. The van der Waals surface area contributed by atoms with Gasteiger partial charge in [-0.25, -0.2) is 13.4 Å². The number of rotatable bonds is 3. The first kappa shape index (κ1) is 15.3. The number of aryl methyl sites for hydroxylation is 3. The van der Waals surface area contributed by atoms with E-state index in [1.54, 1.807) is 6.92 Å². The average molecular weight is 331 g/mol. The van der Waals surface area contributed by atoms with Crippen LogP contribution in [-0.2, 0) is 10.0 Å². The van der Waals surface area contributed by atoms with E-state index in [1.807, 2.05) is 32.0 Å². The van der Waals surface area contributed by atoms with E-state index in [2.05, 4.69) is 4.98 Å². The SMILES string of the molecule is Cc1cc(C)cc(N(C)S(=O)(=O)c2sc(Cl)nc2C)c1. The van der Waals surface area contributed by atoms with Crippen molar-refractivity contribution in [3.63, 3.8) is 0 Å². The molecule has 0 aliphatic heterocycles. The molecule has 0 amide bonds. The summed E-state index contributed by atoms with van der Waals surface area (Å²) in [7, 11) is -2.09. The lowest BCUT2D eigenvalue weighted by Crippen LogP contribution is -2.26. The summed E-state index contributed by atoms with van der Waals surface area (Å²) in [5.74, 6) is 0. The molecule has 0 aliphatic rings. The molecule has 0 bridgehead atoms. The van der Waals surface area contributed by atoms with E-state index in [0.717, 1.165) is 22.5 Å². The smallest absolute Gasteiger partial charge is 0.269 e. The molecule has 1 aromatic carbocycles. The maximum absolute atomic E-state index is 12.6. The Hall–Kier alpha value is -1.11. The van der Waals surface area contributed by atoms with E-state index in [0.29, 0.717) is 11.4 Å². The number of anilines is 1. The van der Waals surface area contributed by atoms with Gasteiger partial charge in [0.1, 0.15) is 0 Å². The van der Waals surface area contributed by atoms with Crippen LogP contribution in [0, 0.1) is 20.8 Å². The third-order valence-electron chi connectivity index (χ3n) is 2.89. The lowest BCUT2D eigenvalue weighted by molar-refractivity contribution is 0.595. The molecule has 7 heteroatoms. The van der Waals surface area contributed by atoms with Gasteiger partial charge in [-0.05, 0) is 44.0 Å². The van der Waals surface area contributed by atoms with Crippen LogP contribution in [0.15, 0.2) is 22.4 Å². The minimum atomic E-state index is -3.63. The predicted octanol–water partition coefficient (Wildman–Crippen LogP) is 3.55. The highest BCUT2D eigenvalue weighted by molar-refractivity contribution is 7.94. The monoisotopic (exact) mass is 330 g/mol. The Morgan fingerprint density at radius 3 is 2.15 bits per heavy atom. The highest BCUT2D eigenvalue weighted by Gasteiger charge is 2.26. The fourth-order valence-corrected chi connectivity index (χ4v) is 5.05. The Bertz CT molecular complexity index is 733. The van der Waals surface area contributed by atoms with Gasteiger partial charge in [-0.3, -0.25) is 4.31 Å². The molecule has 0 N–H and O–H groups in total. The molecule has 0 spiro atoms. The third kappa shape index (κ3) is 2.82. The molecule has 1 heterocycles. The second kappa shape index (κ2) is 5.35. The van der Waals surface area contributed by atoms with E-state index in [9.17, 15) is 8.42 Å². The van der Waals surface area contributed by atoms with E-state index in [-0.39, 0.29) is 8.68 Å². The second-order valence-corrected chi connectivity index (χ2v) is 8.40. The third-order valence-corrected chi connectivity index (χ3v) is 6.53. The van der Waals surface area contributed by atoms with Crippen molar-refractivity contribution in [1.82, 2.24) is 4.98 Å². The Balaban J connectivity index is 2.51. The van der Waals surface area contributed by atoms with Gasteiger partial charge in [0.05, 0.1) is 11.4 Å². The van der Waals surface area contributed by atoms with Crippen molar-refractivity contribution < 1.29 is 8.42 Å². The first-order chi connectivity index (χ1) is 9.21. The van der Waals surface area contributed by atoms with Crippen LogP contribution >= 0.6 is 22.9 Å². The molecule has 4 nitrogen and oxygen atoms in total. The Labute approximate surface area is 128 Å². The molecule has 0 saturated carbocycles. The fraction of sp³-hybridized carbons (Fsp3) is 0.308. The lowest BCUT2D eigenvalue weighted by Gasteiger charge is -2.19. The predicted molar refractivity (Wildman–Crippen MR) is 83.4 cm³/mol. The van der Waals surface area contributed by atoms with Gasteiger partial charge in [-0.1, -0.05) is 29.0 Å². The Kier molecular flexibility index (Phi) is 4.09. The van der Waals surface area contributed by atoms with Gasteiger partial charge in [0.2, 0.25) is 0 Å². The van der Waals surface area contributed by atoms with Gasteiger partial charge >= 0.3 is 0 Å². The van der Waals surface area contributed by atoms with Crippen molar-refractivity contribution in [3.8, 4) is 0 Å². The van der Waals surface area contributed by atoms with Gasteiger partial charge in [0.15, 0.2) is 8.68 Å². The van der Waals surface area contributed by atoms with Crippen LogP contribution in [0.2, 0.25) is 4.47 Å². The molecule has 0 atom stereocenters. The maximum atomic E-state index is 12.6. The molecule has 1 aromatic heterocycles. The second-order valence-electron chi connectivity index (χ2n) is 4.66. The standard InChI is InChI=1S/C13H15ClN2O2S2/c1-8-5-9(2)7-11(6-8)16(4)20(17,18)12-10(3)15-13(14)19-12/h5-7H,1-4H3. The molecular weight excluding hydrogens is 316 g/mol. The largest absolute Gasteiger partial charge is 0.275 e. The molecule has 0 aliphatic carbocycles. The van der Waals surface area contributed by atoms with Crippen molar-refractivity contribution in [3.05, 3.63) is 39.5 Å². The summed E-state index contributed by atoms with van der Waals surface area (Å²) in [5.41, 5.74) is 3.09. The van der Waals surface area contributed by atoms with Crippen LogP contribution in [0.5, 0.6) is 0 Å². The zero-order chi connectivity index (χ0) is 15.1. The van der Waals surface area contributed by atoms with Crippen LogP contribution in [0.3, 0.4) is 0 Å². The van der Waals surface area contributed by atoms with Crippen LogP contribution in [0.4, 0.5) is 5.69 Å². The summed E-state index contributed by atoms with van der Waals surface area (Å²) in [4.78, 5) is 3.97. The van der Waals surface area contributed by atoms with E-state index in [1.165, 1.54) is 11.4 Å². The summed E-state index contributed by atoms with van der Waals surface area (Å²) in [6.45, 7) is 5.52. The number of hydrogen-bond acceptors (Lipinski definition) is 4. The van der Waals surface area contributed by atoms with E-state index < -0.39 is 10.0 Å². The number of nitrogens with zero attached hydrogens (tertiary/aromatic N) is 2. The summed E-state index contributed by atoms with van der Waals surface area (Å²) in [6, 6.07) is 5.67. The molecule has 2 aromatic rings. The quantitative estimate of drug-likeness (QED) is 0.864. The number of sulfonamides is 1. The molecular formula is C13H15ClN2O2S2. The molecule has 0 radical (unpaired) electrons. The van der Waals surface area contributed by atoms with Gasteiger partial charge in [0, 0.05) is 7.05 Å². The number of thiazole rings is 1. The van der Waals surface area contributed by atoms with E-state index >= 15 is 0 Å². The zero-order valence-electron chi connectivity index (χ0n) is 11.6. The Morgan fingerprint density at radius 1 is 1.15 bits per heavy atom. The molecule has 0 saturated heterocycles. The van der Waals surface area contributed by atoms with Crippen molar-refractivity contribution in [2.24, 2.45) is 0 Å². The van der Waals surface area contributed by atoms with Crippen molar-refractivity contribution >= 4 is 38.6 Å². The topological polar surface area (TPSA) is 50.3 Å². The number of aromatic nitrogens is 1. The highest BCUT2D eigenvalue weighted by atomic mass is 35.5. The van der Waals surface area contributed by atoms with Gasteiger partial charge in [0.25, 0.3) is 10.0 Å². The average Bonchev–Trinajstić information content (AvgIpc) is 2.67. The van der Waals surface area contributed by atoms with Crippen LogP contribution in [-0.4, -0.2) is 20.4 Å². The van der Waals surface area contributed by atoms with Crippen molar-refractivity contribution in [2.45, 2.75) is 25.0 Å². The van der Waals surface area contributed by atoms with Crippen molar-refractivity contribution in [1.29, 1.82) is 0 Å². The number of benzene rings is 1. The van der Waals surface area contributed by atoms with Crippen LogP contribution in [0.1, 0.15) is 16.8 Å². The van der Waals surface area contributed by atoms with Gasteiger partial charge in [-0.2, -0.15) is 0 Å². The summed E-state index contributed by atoms with van der Waals surface area (Å²) < 4.78 is 26.9. The minimum absolute atomic E-state index is 0.184. The molecule has 0 fully saturated rings. The molecule has 0 unspecified atom stereocenters. The summed E-state index contributed by atoms with van der Waals surface area (Å²) in [6.07, 6.45) is 0. The maximum Gasteiger partial charge on any atom is 0.275 e. The van der Waals surface area contributed by atoms with Gasteiger partial charge in [-0.15, -0.1) is 0 Å². The summed E-state index contributed by atoms with van der Waals surface area (Å²) in [5, 5.41) is 0. The minimum Gasteiger partial charge on any atom is -0.269 e. The van der Waals surface area contributed by atoms with Crippen LogP contribution in [0.25, 0.3) is 0 Å². The first-order valence-corrected chi connectivity index (χ1v) is 8.55. The normalized spacial score (nSPS) is 11.7. The fourth-order valence-electron chi connectivity index (χ4n) is 1.99.